The van der Waals surface area contributed by atoms with Gasteiger partial charge in [-0.1, -0.05) is 36.9 Å². The molecule has 1 aromatic carbocycles. The van der Waals surface area contributed by atoms with Crippen molar-refractivity contribution in [3.63, 3.8) is 0 Å². The highest BCUT2D eigenvalue weighted by atomic mass is 16.5. The van der Waals surface area contributed by atoms with E-state index in [2.05, 4.69) is 11.5 Å². The van der Waals surface area contributed by atoms with E-state index in [4.69, 9.17) is 4.74 Å². The fraction of sp³-hybridized carbons (Fsp3) is 0.400. The van der Waals surface area contributed by atoms with E-state index in [9.17, 15) is 9.59 Å². The third kappa shape index (κ3) is 4.65. The Morgan fingerprint density at radius 3 is 2.60 bits per heavy atom. The van der Waals surface area contributed by atoms with Crippen molar-refractivity contribution in [1.82, 2.24) is 9.80 Å². The van der Waals surface area contributed by atoms with Crippen molar-refractivity contribution in [3.8, 4) is 0 Å². The van der Waals surface area contributed by atoms with Gasteiger partial charge in [0.1, 0.15) is 0 Å². The van der Waals surface area contributed by atoms with Gasteiger partial charge in [-0.15, -0.1) is 0 Å². The number of carbonyl (C=O) groups excluding carboxylic acids is 2. The van der Waals surface area contributed by atoms with Crippen molar-refractivity contribution in [3.05, 3.63) is 53.6 Å². The third-order valence-electron chi connectivity index (χ3n) is 4.59. The molecule has 2 fully saturated rings. The molecular weight excluding hydrogens is 316 g/mol. The van der Waals surface area contributed by atoms with Gasteiger partial charge in [0.25, 0.3) is 0 Å². The van der Waals surface area contributed by atoms with Crippen molar-refractivity contribution in [1.29, 1.82) is 0 Å². The summed E-state index contributed by atoms with van der Waals surface area (Å²) in [5.74, 6) is 0.0279. The molecule has 0 bridgehead atoms. The second kappa shape index (κ2) is 8.23. The van der Waals surface area contributed by atoms with Gasteiger partial charge in [-0.3, -0.25) is 14.5 Å². The summed E-state index contributed by atoms with van der Waals surface area (Å²) >= 11 is 0. The quantitative estimate of drug-likeness (QED) is 0.784. The molecular formula is C20H24N2O3. The molecule has 5 nitrogen and oxygen atoms in total. The Bertz CT molecular complexity index is 675. The molecule has 2 saturated heterocycles. The molecule has 2 aliphatic heterocycles. The zero-order valence-electron chi connectivity index (χ0n) is 14.4. The van der Waals surface area contributed by atoms with Crippen molar-refractivity contribution in [2.45, 2.75) is 6.42 Å². The molecule has 0 spiro atoms. The topological polar surface area (TPSA) is 49.9 Å². The predicted octanol–water partition coefficient (Wildman–Crippen LogP) is 1.76. The molecule has 1 amide bonds. The number of ether oxygens (including phenoxy) is 1. The average molecular weight is 340 g/mol. The Balaban J connectivity index is 1.63. The number of piperidine rings is 1. The summed E-state index contributed by atoms with van der Waals surface area (Å²) in [6, 6.07) is 9.69. The maximum Gasteiger partial charge on any atom is 0.224 e. The SMILES string of the molecule is C=C1CN(C(=O)CCN2CCOCC2)C/C(=C\c2ccccc2)C1=O. The lowest BCUT2D eigenvalue weighted by molar-refractivity contribution is -0.131. The van der Waals surface area contributed by atoms with Gasteiger partial charge in [-0.2, -0.15) is 0 Å². The Morgan fingerprint density at radius 1 is 1.16 bits per heavy atom. The van der Waals surface area contributed by atoms with E-state index < -0.39 is 0 Å². The van der Waals surface area contributed by atoms with E-state index in [-0.39, 0.29) is 11.7 Å². The first-order valence-electron chi connectivity index (χ1n) is 8.69. The van der Waals surface area contributed by atoms with Crippen molar-refractivity contribution < 1.29 is 14.3 Å². The fourth-order valence-electron chi connectivity index (χ4n) is 3.14. The zero-order valence-corrected chi connectivity index (χ0v) is 14.4. The van der Waals surface area contributed by atoms with Crippen LogP contribution in [0, 0.1) is 0 Å². The van der Waals surface area contributed by atoms with Crippen LogP contribution in [0.5, 0.6) is 0 Å². The predicted molar refractivity (Wildman–Crippen MR) is 97.0 cm³/mol. The number of Topliss-reactive ketones (excluding diaryl/α,β-unsaturated/α-hetero) is 1. The van der Waals surface area contributed by atoms with Gasteiger partial charge in [0.2, 0.25) is 5.91 Å². The fourth-order valence-corrected chi connectivity index (χ4v) is 3.14. The van der Waals surface area contributed by atoms with Crippen LogP contribution in [0.4, 0.5) is 0 Å². The number of nitrogens with zero attached hydrogens (tertiary/aromatic N) is 2. The normalized spacial score (nSPS) is 21.0. The van der Waals surface area contributed by atoms with Crippen LogP contribution in [-0.4, -0.2) is 67.4 Å². The van der Waals surface area contributed by atoms with Crippen LogP contribution in [0.2, 0.25) is 0 Å². The van der Waals surface area contributed by atoms with Crippen molar-refractivity contribution in [2.75, 3.05) is 45.9 Å². The first kappa shape index (κ1) is 17.6. The Morgan fingerprint density at radius 2 is 1.88 bits per heavy atom. The minimum Gasteiger partial charge on any atom is -0.379 e. The second-order valence-electron chi connectivity index (χ2n) is 6.47. The smallest absolute Gasteiger partial charge is 0.224 e. The minimum atomic E-state index is -0.0407. The van der Waals surface area contributed by atoms with Gasteiger partial charge in [0.05, 0.1) is 13.2 Å². The number of ketones is 1. The minimum absolute atomic E-state index is 0.0407. The molecule has 5 heteroatoms. The number of rotatable bonds is 4. The van der Waals surface area contributed by atoms with E-state index >= 15 is 0 Å². The second-order valence-corrected chi connectivity index (χ2v) is 6.47. The Kier molecular flexibility index (Phi) is 5.79. The van der Waals surface area contributed by atoms with E-state index in [0.29, 0.717) is 30.7 Å². The van der Waals surface area contributed by atoms with Gasteiger partial charge in [0.15, 0.2) is 5.78 Å². The summed E-state index contributed by atoms with van der Waals surface area (Å²) in [4.78, 5) is 28.9. The maximum atomic E-state index is 12.6. The Labute approximate surface area is 148 Å². The van der Waals surface area contributed by atoms with Gasteiger partial charge in [0, 0.05) is 50.3 Å². The molecule has 0 unspecified atom stereocenters. The third-order valence-corrected chi connectivity index (χ3v) is 4.59. The molecule has 2 aliphatic rings. The number of benzene rings is 1. The number of morpholine rings is 1. The highest BCUT2D eigenvalue weighted by Crippen LogP contribution is 2.19. The summed E-state index contributed by atoms with van der Waals surface area (Å²) in [7, 11) is 0. The molecule has 0 saturated carbocycles. The number of carbonyl (C=O) groups is 2. The molecule has 2 heterocycles. The van der Waals surface area contributed by atoms with Crippen LogP contribution in [0.15, 0.2) is 48.1 Å². The molecule has 132 valence electrons. The van der Waals surface area contributed by atoms with Gasteiger partial charge < -0.3 is 9.64 Å². The van der Waals surface area contributed by atoms with Crippen molar-refractivity contribution in [2.24, 2.45) is 0 Å². The van der Waals surface area contributed by atoms with E-state index in [1.54, 1.807) is 4.90 Å². The molecule has 25 heavy (non-hydrogen) atoms. The summed E-state index contributed by atoms with van der Waals surface area (Å²) in [6.45, 7) is 8.48. The van der Waals surface area contributed by atoms with E-state index in [0.717, 1.165) is 38.4 Å². The number of amides is 1. The molecule has 0 atom stereocenters. The highest BCUT2D eigenvalue weighted by Gasteiger charge is 2.28. The van der Waals surface area contributed by atoms with Crippen LogP contribution >= 0.6 is 0 Å². The van der Waals surface area contributed by atoms with E-state index in [1.807, 2.05) is 36.4 Å². The monoisotopic (exact) mass is 340 g/mol. The lowest BCUT2D eigenvalue weighted by Gasteiger charge is -2.31. The average Bonchev–Trinajstić information content (AvgIpc) is 2.65. The summed E-state index contributed by atoms with van der Waals surface area (Å²) in [6.07, 6.45) is 2.31. The molecule has 0 N–H and O–H groups in total. The van der Waals surface area contributed by atoms with Crippen LogP contribution in [0.1, 0.15) is 12.0 Å². The lowest BCUT2D eigenvalue weighted by atomic mass is 9.96. The van der Waals surface area contributed by atoms with Gasteiger partial charge in [-0.25, -0.2) is 0 Å². The van der Waals surface area contributed by atoms with Gasteiger partial charge >= 0.3 is 0 Å². The number of hydrogen-bond donors (Lipinski definition) is 0. The summed E-state index contributed by atoms with van der Waals surface area (Å²) in [5.41, 5.74) is 2.07. The molecule has 3 rings (SSSR count). The van der Waals surface area contributed by atoms with Crippen LogP contribution in [0.3, 0.4) is 0 Å². The van der Waals surface area contributed by atoms with E-state index in [1.165, 1.54) is 0 Å². The van der Waals surface area contributed by atoms with Gasteiger partial charge in [-0.05, 0) is 11.6 Å². The first-order valence-corrected chi connectivity index (χ1v) is 8.69. The standard InChI is InChI=1S/C20H24N2O3/c1-16-14-22(19(23)7-8-21-9-11-25-12-10-21)15-18(20(16)24)13-17-5-3-2-4-6-17/h2-6,13H,1,7-12,14-15H2/b18-13+. The number of likely N-dealkylation sites (tertiary alicyclic amines) is 1. The van der Waals surface area contributed by atoms with Crippen LogP contribution in [-0.2, 0) is 14.3 Å². The number of hydrogen-bond acceptors (Lipinski definition) is 4. The van der Waals surface area contributed by atoms with Crippen molar-refractivity contribution >= 4 is 17.8 Å². The highest BCUT2D eigenvalue weighted by molar-refractivity contribution is 6.12. The maximum absolute atomic E-state index is 12.6. The lowest BCUT2D eigenvalue weighted by Crippen LogP contribution is -2.43. The Hall–Kier alpha value is -2.24. The summed E-state index contributed by atoms with van der Waals surface area (Å²) < 4.78 is 5.33. The molecule has 0 aromatic heterocycles. The summed E-state index contributed by atoms with van der Waals surface area (Å²) in [5, 5.41) is 0. The van der Waals surface area contributed by atoms with Crippen LogP contribution in [0.25, 0.3) is 6.08 Å². The largest absolute Gasteiger partial charge is 0.379 e. The zero-order chi connectivity index (χ0) is 17.6. The molecule has 1 aromatic rings. The first-order chi connectivity index (χ1) is 12.1. The molecule has 0 radical (unpaired) electrons. The molecule has 0 aliphatic carbocycles. The van der Waals surface area contributed by atoms with Crippen LogP contribution < -0.4 is 0 Å².